The van der Waals surface area contributed by atoms with Gasteiger partial charge in [0.25, 0.3) is 0 Å². The molecule has 0 aliphatic rings. The molecule has 0 bridgehead atoms. The van der Waals surface area contributed by atoms with Crippen LogP contribution in [0.4, 0.5) is 26.3 Å². The number of alkyl halides is 6. The highest BCUT2D eigenvalue weighted by atomic mass is 127. The highest BCUT2D eigenvalue weighted by molar-refractivity contribution is 14.1. The minimum atomic E-state index is -4.19. The van der Waals surface area contributed by atoms with Crippen molar-refractivity contribution < 1.29 is 26.3 Å². The fraction of sp³-hybridized carbons (Fsp3) is 0.455. The molecule has 0 fully saturated rings. The SMILES string of the molecule is Cc1cnn(CC(F)(F)F)c1.FC(F)(F)Cn1cc(I)cn1. The normalized spacial score (nSPS) is 12.0. The largest absolute Gasteiger partial charge is 0.408 e. The van der Waals surface area contributed by atoms with Gasteiger partial charge in [0.2, 0.25) is 0 Å². The first-order valence-electron chi connectivity index (χ1n) is 5.75. The Hall–Kier alpha value is -1.27. The minimum Gasteiger partial charge on any atom is -0.263 e. The molecule has 124 valence electrons. The molecule has 0 aliphatic heterocycles. The summed E-state index contributed by atoms with van der Waals surface area (Å²) in [7, 11) is 0. The maximum Gasteiger partial charge on any atom is 0.408 e. The molecular formula is C11H11F6IN4. The van der Waals surface area contributed by atoms with Gasteiger partial charge in [0.1, 0.15) is 13.1 Å². The van der Waals surface area contributed by atoms with Crippen LogP contribution in [-0.4, -0.2) is 31.9 Å². The van der Waals surface area contributed by atoms with Gasteiger partial charge in [-0.05, 0) is 35.1 Å². The summed E-state index contributed by atoms with van der Waals surface area (Å²) in [6.45, 7) is -0.337. The Balaban J connectivity index is 0.000000220. The van der Waals surface area contributed by atoms with E-state index in [0.717, 1.165) is 14.9 Å². The van der Waals surface area contributed by atoms with Crippen molar-refractivity contribution >= 4 is 22.6 Å². The maximum atomic E-state index is 11.7. The predicted octanol–water partition coefficient (Wildman–Crippen LogP) is 3.80. The lowest BCUT2D eigenvalue weighted by Crippen LogP contribution is -2.17. The first kappa shape index (κ1) is 18.8. The molecule has 0 spiro atoms. The van der Waals surface area contributed by atoms with Crippen molar-refractivity contribution in [2.24, 2.45) is 0 Å². The molecule has 2 aromatic heterocycles. The molecule has 22 heavy (non-hydrogen) atoms. The van der Waals surface area contributed by atoms with Gasteiger partial charge in [0.05, 0.1) is 16.0 Å². The Morgan fingerprint density at radius 2 is 1.36 bits per heavy atom. The van der Waals surface area contributed by atoms with Crippen LogP contribution in [0.25, 0.3) is 0 Å². The van der Waals surface area contributed by atoms with Crippen LogP contribution in [0, 0.1) is 10.5 Å². The van der Waals surface area contributed by atoms with Crippen molar-refractivity contribution in [1.29, 1.82) is 0 Å². The lowest BCUT2D eigenvalue weighted by atomic mass is 10.4. The van der Waals surface area contributed by atoms with Gasteiger partial charge in [0, 0.05) is 12.4 Å². The van der Waals surface area contributed by atoms with E-state index in [0.29, 0.717) is 3.57 Å². The molecule has 0 radical (unpaired) electrons. The molecule has 0 unspecified atom stereocenters. The topological polar surface area (TPSA) is 35.6 Å². The quantitative estimate of drug-likeness (QED) is 0.527. The van der Waals surface area contributed by atoms with E-state index in [-0.39, 0.29) is 0 Å². The van der Waals surface area contributed by atoms with Gasteiger partial charge in [-0.1, -0.05) is 0 Å². The predicted molar refractivity (Wildman–Crippen MR) is 74.0 cm³/mol. The third kappa shape index (κ3) is 8.24. The number of rotatable bonds is 2. The summed E-state index contributed by atoms with van der Waals surface area (Å²) in [5, 5.41) is 6.99. The van der Waals surface area contributed by atoms with Crippen LogP contribution in [0.1, 0.15) is 5.56 Å². The number of aromatic nitrogens is 4. The number of aryl methyl sites for hydroxylation is 1. The van der Waals surface area contributed by atoms with Crippen molar-refractivity contribution in [1.82, 2.24) is 19.6 Å². The average Bonchev–Trinajstić information content (AvgIpc) is 2.84. The fourth-order valence-corrected chi connectivity index (χ4v) is 1.79. The number of nitrogens with zero attached hydrogens (tertiary/aromatic N) is 4. The van der Waals surface area contributed by atoms with E-state index >= 15 is 0 Å². The summed E-state index contributed by atoms with van der Waals surface area (Å²) in [6.07, 6.45) is -2.90. The Kier molecular flexibility index (Phi) is 6.26. The monoisotopic (exact) mass is 440 g/mol. The Morgan fingerprint density at radius 1 is 0.909 bits per heavy atom. The molecule has 2 rings (SSSR count). The van der Waals surface area contributed by atoms with Crippen LogP contribution in [0.5, 0.6) is 0 Å². The maximum absolute atomic E-state index is 11.7. The summed E-state index contributed by atoms with van der Waals surface area (Å²) in [4.78, 5) is 0. The van der Waals surface area contributed by atoms with Crippen LogP contribution in [0.3, 0.4) is 0 Å². The fourth-order valence-electron chi connectivity index (χ4n) is 1.35. The lowest BCUT2D eigenvalue weighted by molar-refractivity contribution is -0.143. The van der Waals surface area contributed by atoms with Crippen LogP contribution < -0.4 is 0 Å². The Morgan fingerprint density at radius 3 is 1.68 bits per heavy atom. The molecule has 0 aromatic carbocycles. The first-order chi connectivity index (χ1) is 9.94. The smallest absolute Gasteiger partial charge is 0.263 e. The highest BCUT2D eigenvalue weighted by Gasteiger charge is 2.28. The number of halogens is 7. The standard InChI is InChI=1S/C6H7F3N2.C5H4F3IN2/c1-5-2-10-11(3-5)4-6(7,8)9;6-5(7,8)3-11-2-4(9)1-10-11/h2-3H,4H2,1H3;1-2H,3H2. The van der Waals surface area contributed by atoms with Crippen LogP contribution >= 0.6 is 22.6 Å². The zero-order chi connectivity index (χ0) is 17.0. The molecule has 0 atom stereocenters. The molecule has 0 amide bonds. The number of hydrogen-bond donors (Lipinski definition) is 0. The highest BCUT2D eigenvalue weighted by Crippen LogP contribution is 2.17. The van der Waals surface area contributed by atoms with Crippen molar-refractivity contribution in [2.45, 2.75) is 32.4 Å². The van der Waals surface area contributed by atoms with Gasteiger partial charge in [0.15, 0.2) is 0 Å². The molecule has 0 N–H and O–H groups in total. The summed E-state index contributed by atoms with van der Waals surface area (Å²) in [6, 6.07) is 0. The van der Waals surface area contributed by atoms with Crippen LogP contribution in [0.15, 0.2) is 24.8 Å². The third-order valence-corrected chi connectivity index (χ3v) is 2.60. The first-order valence-corrected chi connectivity index (χ1v) is 6.83. The van der Waals surface area contributed by atoms with E-state index in [1.807, 2.05) is 22.6 Å². The minimum absolute atomic E-state index is 0.701. The van der Waals surface area contributed by atoms with E-state index in [1.54, 1.807) is 6.92 Å². The van der Waals surface area contributed by atoms with E-state index < -0.39 is 25.4 Å². The van der Waals surface area contributed by atoms with E-state index in [4.69, 9.17) is 0 Å². The zero-order valence-corrected chi connectivity index (χ0v) is 13.3. The van der Waals surface area contributed by atoms with Crippen LogP contribution in [0.2, 0.25) is 0 Å². The summed E-state index contributed by atoms with van der Waals surface area (Å²) in [5.74, 6) is 0. The van der Waals surface area contributed by atoms with E-state index in [1.165, 1.54) is 24.8 Å². The molecule has 0 aliphatic carbocycles. The molecule has 0 saturated heterocycles. The summed E-state index contributed by atoms with van der Waals surface area (Å²) in [5.41, 5.74) is 0.731. The van der Waals surface area contributed by atoms with Gasteiger partial charge < -0.3 is 0 Å². The van der Waals surface area contributed by atoms with Gasteiger partial charge in [-0.3, -0.25) is 9.36 Å². The van der Waals surface area contributed by atoms with Gasteiger partial charge in [-0.15, -0.1) is 0 Å². The second kappa shape index (κ2) is 7.33. The van der Waals surface area contributed by atoms with Crippen LogP contribution in [-0.2, 0) is 13.1 Å². The third-order valence-electron chi connectivity index (χ3n) is 2.05. The van der Waals surface area contributed by atoms with Gasteiger partial charge in [-0.25, -0.2) is 0 Å². The summed E-state index contributed by atoms with van der Waals surface area (Å²) >= 11 is 1.90. The van der Waals surface area contributed by atoms with Crippen molar-refractivity contribution in [3.05, 3.63) is 33.9 Å². The Bertz CT molecular complexity index is 534. The second-order valence-corrected chi connectivity index (χ2v) is 5.55. The Labute approximate surface area is 135 Å². The number of hydrogen-bond acceptors (Lipinski definition) is 2. The molecule has 4 nitrogen and oxygen atoms in total. The van der Waals surface area contributed by atoms with Crippen molar-refractivity contribution in [3.8, 4) is 0 Å². The van der Waals surface area contributed by atoms with Crippen molar-refractivity contribution in [3.63, 3.8) is 0 Å². The lowest BCUT2D eigenvalue weighted by Gasteiger charge is -2.04. The second-order valence-electron chi connectivity index (χ2n) is 4.30. The van der Waals surface area contributed by atoms with Crippen molar-refractivity contribution in [2.75, 3.05) is 0 Å². The zero-order valence-electron chi connectivity index (χ0n) is 11.2. The molecular weight excluding hydrogens is 429 g/mol. The van der Waals surface area contributed by atoms with Gasteiger partial charge in [-0.2, -0.15) is 36.5 Å². The molecule has 2 heterocycles. The van der Waals surface area contributed by atoms with E-state index in [9.17, 15) is 26.3 Å². The van der Waals surface area contributed by atoms with Gasteiger partial charge >= 0.3 is 12.4 Å². The molecule has 11 heteroatoms. The average molecular weight is 440 g/mol. The molecule has 0 saturated carbocycles. The molecule has 2 aromatic rings. The van der Waals surface area contributed by atoms with E-state index in [2.05, 4.69) is 10.2 Å². The summed E-state index contributed by atoms with van der Waals surface area (Å²) < 4.78 is 72.6.